The molecular formula is C10H6N2O3. The van der Waals surface area contributed by atoms with Gasteiger partial charge in [-0.25, -0.2) is 0 Å². The molecule has 2 aliphatic rings. The largest absolute Gasteiger partial charge is 0.508 e. The Morgan fingerprint density at radius 3 is 2.40 bits per heavy atom. The second-order valence-corrected chi connectivity index (χ2v) is 3.44. The summed E-state index contributed by atoms with van der Waals surface area (Å²) in [6, 6.07) is 6.29. The predicted molar refractivity (Wildman–Crippen MR) is 50.1 cm³/mol. The fourth-order valence-corrected chi connectivity index (χ4v) is 1.73. The van der Waals surface area contributed by atoms with Gasteiger partial charge in [0.25, 0.3) is 0 Å². The summed E-state index contributed by atoms with van der Waals surface area (Å²) in [5.74, 6) is -0.581. The minimum absolute atomic E-state index is 0.170. The average molecular weight is 202 g/mol. The third-order valence-corrected chi connectivity index (χ3v) is 2.51. The summed E-state index contributed by atoms with van der Waals surface area (Å²) >= 11 is 0. The summed E-state index contributed by atoms with van der Waals surface area (Å²) in [7, 11) is 0. The van der Waals surface area contributed by atoms with Crippen molar-refractivity contribution < 1.29 is 14.7 Å². The van der Waals surface area contributed by atoms with E-state index in [4.69, 9.17) is 5.11 Å². The number of amides is 2. The van der Waals surface area contributed by atoms with Gasteiger partial charge in [0.2, 0.25) is 0 Å². The van der Waals surface area contributed by atoms with Crippen molar-refractivity contribution in [3.63, 3.8) is 0 Å². The van der Waals surface area contributed by atoms with Gasteiger partial charge in [-0.05, 0) is 17.7 Å². The normalized spacial score (nSPS) is 22.8. The first-order valence-corrected chi connectivity index (χ1v) is 4.43. The molecular weight excluding hydrogens is 196 g/mol. The highest BCUT2D eigenvalue weighted by atomic mass is 16.3. The number of hydrogen-bond acceptors (Lipinski definition) is 3. The number of aromatic hydroxyl groups is 1. The van der Waals surface area contributed by atoms with Crippen LogP contribution < -0.4 is 0 Å². The minimum atomic E-state index is -0.694. The lowest BCUT2D eigenvalue weighted by molar-refractivity contribution is -0.139. The molecule has 1 N–H and O–H groups in total. The van der Waals surface area contributed by atoms with Crippen LogP contribution in [0.3, 0.4) is 0 Å². The summed E-state index contributed by atoms with van der Waals surface area (Å²) in [4.78, 5) is 27.0. The van der Waals surface area contributed by atoms with E-state index in [0.29, 0.717) is 5.84 Å². The fraction of sp³-hybridized carbons (Fsp3) is 0.100. The Hall–Kier alpha value is -2.17. The maximum atomic E-state index is 11.2. The van der Waals surface area contributed by atoms with Gasteiger partial charge in [0.1, 0.15) is 17.6 Å². The van der Waals surface area contributed by atoms with Crippen molar-refractivity contribution in [3.8, 4) is 5.75 Å². The number of fused-ring (bicyclic) bond motifs is 1. The molecule has 0 aromatic heterocycles. The maximum absolute atomic E-state index is 11.2. The van der Waals surface area contributed by atoms with Gasteiger partial charge in [-0.2, -0.15) is 4.99 Å². The van der Waals surface area contributed by atoms with Crippen molar-refractivity contribution >= 4 is 17.6 Å². The molecule has 1 fully saturated rings. The van der Waals surface area contributed by atoms with Crippen molar-refractivity contribution in [2.45, 2.75) is 6.04 Å². The smallest absolute Gasteiger partial charge is 0.337 e. The van der Waals surface area contributed by atoms with Gasteiger partial charge in [0.15, 0.2) is 0 Å². The van der Waals surface area contributed by atoms with Crippen LogP contribution in [-0.4, -0.2) is 27.7 Å². The molecule has 1 atom stereocenters. The molecule has 5 nitrogen and oxygen atoms in total. The molecule has 2 amide bonds. The van der Waals surface area contributed by atoms with Crippen LogP contribution in [0.15, 0.2) is 29.3 Å². The molecule has 0 radical (unpaired) electrons. The Labute approximate surface area is 84.7 Å². The topological polar surface area (TPSA) is 69.7 Å². The van der Waals surface area contributed by atoms with Gasteiger partial charge >= 0.3 is 11.8 Å². The van der Waals surface area contributed by atoms with E-state index >= 15 is 0 Å². The van der Waals surface area contributed by atoms with Crippen LogP contribution in [0, 0.1) is 0 Å². The number of phenolic OH excluding ortho intramolecular Hbond substituents is 1. The number of nitrogens with zero attached hydrogens (tertiary/aromatic N) is 2. The van der Waals surface area contributed by atoms with E-state index in [1.807, 2.05) is 0 Å². The molecule has 5 heteroatoms. The molecule has 2 aliphatic heterocycles. The quantitative estimate of drug-likeness (QED) is 0.523. The first-order chi connectivity index (χ1) is 7.18. The van der Waals surface area contributed by atoms with Crippen molar-refractivity contribution in [1.29, 1.82) is 0 Å². The molecule has 74 valence electrons. The summed E-state index contributed by atoms with van der Waals surface area (Å²) in [6.07, 6.45) is 0. The lowest BCUT2D eigenvalue weighted by atomic mass is 10.1. The Morgan fingerprint density at radius 2 is 1.87 bits per heavy atom. The standard InChI is InChI=1S/C10H6N2O3/c13-6-3-1-5(2-4-6)7-8-11-9(14)10(15)12(7)8/h1-4,7,13H. The molecule has 1 saturated heterocycles. The first kappa shape index (κ1) is 8.16. The highest BCUT2D eigenvalue weighted by molar-refractivity contribution is 6.49. The molecule has 1 aromatic rings. The molecule has 1 aromatic carbocycles. The van der Waals surface area contributed by atoms with Gasteiger partial charge in [0, 0.05) is 0 Å². The molecule has 15 heavy (non-hydrogen) atoms. The summed E-state index contributed by atoms with van der Waals surface area (Å²) in [5, 5.41) is 9.09. The summed E-state index contributed by atoms with van der Waals surface area (Å²) in [6.45, 7) is 0. The number of carbonyl (C=O) groups is 2. The number of phenols is 1. The van der Waals surface area contributed by atoms with Crippen LogP contribution in [0.5, 0.6) is 5.75 Å². The van der Waals surface area contributed by atoms with Gasteiger partial charge < -0.3 is 5.11 Å². The number of hydrogen-bond donors (Lipinski definition) is 1. The van der Waals surface area contributed by atoms with E-state index < -0.39 is 11.8 Å². The molecule has 0 bridgehead atoms. The van der Waals surface area contributed by atoms with Gasteiger partial charge in [0.05, 0.1) is 0 Å². The van der Waals surface area contributed by atoms with Crippen LogP contribution >= 0.6 is 0 Å². The zero-order chi connectivity index (χ0) is 10.6. The average Bonchev–Trinajstić information content (AvgIpc) is 2.84. The van der Waals surface area contributed by atoms with E-state index in [1.165, 1.54) is 17.0 Å². The maximum Gasteiger partial charge on any atom is 0.337 e. The molecule has 1 unspecified atom stereocenters. The summed E-state index contributed by atoms with van der Waals surface area (Å²) < 4.78 is 0. The Bertz CT molecular complexity index is 504. The molecule has 0 spiro atoms. The van der Waals surface area contributed by atoms with E-state index in [1.54, 1.807) is 12.1 Å². The van der Waals surface area contributed by atoms with Gasteiger partial charge in [-0.3, -0.25) is 14.5 Å². The number of amidine groups is 1. The van der Waals surface area contributed by atoms with Crippen molar-refractivity contribution in [1.82, 2.24) is 4.90 Å². The Balaban J connectivity index is 1.95. The van der Waals surface area contributed by atoms with E-state index in [2.05, 4.69) is 4.99 Å². The van der Waals surface area contributed by atoms with Gasteiger partial charge in [-0.15, -0.1) is 0 Å². The van der Waals surface area contributed by atoms with E-state index in [9.17, 15) is 9.59 Å². The lowest BCUT2D eigenvalue weighted by Crippen LogP contribution is -2.16. The first-order valence-electron chi connectivity index (χ1n) is 4.43. The van der Waals surface area contributed by atoms with Crippen LogP contribution in [0.25, 0.3) is 0 Å². The summed E-state index contributed by atoms with van der Waals surface area (Å²) in [5.41, 5.74) is 0.854. The minimum Gasteiger partial charge on any atom is -0.508 e. The van der Waals surface area contributed by atoms with Crippen LogP contribution in [0.1, 0.15) is 11.6 Å². The number of rotatable bonds is 1. The second kappa shape index (κ2) is 2.44. The van der Waals surface area contributed by atoms with Crippen LogP contribution in [0.4, 0.5) is 0 Å². The number of carbonyl (C=O) groups excluding carboxylic acids is 2. The highest BCUT2D eigenvalue weighted by Crippen LogP contribution is 2.41. The Morgan fingerprint density at radius 1 is 1.20 bits per heavy atom. The third kappa shape index (κ3) is 0.999. The van der Waals surface area contributed by atoms with Crippen LogP contribution in [0.2, 0.25) is 0 Å². The van der Waals surface area contributed by atoms with Crippen LogP contribution in [-0.2, 0) is 9.59 Å². The van der Waals surface area contributed by atoms with Gasteiger partial charge in [-0.1, -0.05) is 12.1 Å². The molecule has 0 saturated carbocycles. The zero-order valence-electron chi connectivity index (χ0n) is 7.54. The molecule has 3 rings (SSSR count). The number of benzene rings is 1. The lowest BCUT2D eigenvalue weighted by Gasteiger charge is -1.99. The molecule has 0 aliphatic carbocycles. The van der Waals surface area contributed by atoms with E-state index in [0.717, 1.165) is 5.56 Å². The SMILES string of the molecule is O=C1N=C2C(c3ccc(O)cc3)N2C1=O. The van der Waals surface area contributed by atoms with Crippen molar-refractivity contribution in [3.05, 3.63) is 29.8 Å². The van der Waals surface area contributed by atoms with E-state index in [-0.39, 0.29) is 11.8 Å². The van der Waals surface area contributed by atoms with Crippen molar-refractivity contribution in [2.75, 3.05) is 0 Å². The second-order valence-electron chi connectivity index (χ2n) is 3.44. The van der Waals surface area contributed by atoms with Crippen molar-refractivity contribution in [2.24, 2.45) is 4.99 Å². The fourth-order valence-electron chi connectivity index (χ4n) is 1.73. The molecule has 2 heterocycles. The predicted octanol–water partition coefficient (Wildman–Crippen LogP) is 0.214. The number of aliphatic imine (C=N–C) groups is 1. The Kier molecular flexibility index (Phi) is 1.33. The highest BCUT2D eigenvalue weighted by Gasteiger charge is 2.55. The third-order valence-electron chi connectivity index (χ3n) is 2.51. The zero-order valence-corrected chi connectivity index (χ0v) is 7.54. The monoisotopic (exact) mass is 202 g/mol.